The Kier molecular flexibility index (Phi) is 5.36. The maximum absolute atomic E-state index is 14.2. The van der Waals surface area contributed by atoms with Crippen LogP contribution in [0.1, 0.15) is 44.6 Å². The Morgan fingerprint density at radius 2 is 2.05 bits per heavy atom. The van der Waals surface area contributed by atoms with Gasteiger partial charge in [0.25, 0.3) is 0 Å². The minimum Gasteiger partial charge on any atom is -0.377 e. The number of halogens is 1. The Morgan fingerprint density at radius 3 is 2.71 bits per heavy atom. The van der Waals surface area contributed by atoms with Crippen molar-refractivity contribution in [1.82, 2.24) is 5.32 Å². The normalized spacial score (nSPS) is 12.2. The molecule has 4 heteroatoms. The molecule has 0 saturated heterocycles. The lowest BCUT2D eigenvalue weighted by atomic mass is 10.1. The number of hydrogen-bond donors (Lipinski definition) is 1. The monoisotopic (exact) mass is 309 g/mol. The molecule has 0 bridgehead atoms. The van der Waals surface area contributed by atoms with E-state index in [2.05, 4.69) is 33.0 Å². The first-order valence-electron chi connectivity index (χ1n) is 7.44. The molecule has 2 nitrogen and oxygen atoms in total. The van der Waals surface area contributed by atoms with E-state index in [9.17, 15) is 4.39 Å². The Bertz CT molecular complexity index is 601. The molecule has 0 radical (unpaired) electrons. The Labute approximate surface area is 130 Å². The van der Waals surface area contributed by atoms with E-state index in [1.54, 1.807) is 17.4 Å². The van der Waals surface area contributed by atoms with Gasteiger partial charge in [0.2, 0.25) is 0 Å². The third-order valence-corrected chi connectivity index (χ3v) is 4.42. The fraction of sp³-hybridized carbons (Fsp3) is 0.529. The summed E-state index contributed by atoms with van der Waals surface area (Å²) in [5.74, 6) is -0.152. The van der Waals surface area contributed by atoms with Crippen LogP contribution in [0.4, 0.5) is 4.39 Å². The van der Waals surface area contributed by atoms with Gasteiger partial charge in [0.1, 0.15) is 5.82 Å². The molecule has 0 unspecified atom stereocenters. The van der Waals surface area contributed by atoms with Crippen molar-refractivity contribution in [3.8, 4) is 0 Å². The van der Waals surface area contributed by atoms with Gasteiger partial charge in [0, 0.05) is 39.2 Å². The van der Waals surface area contributed by atoms with Gasteiger partial charge in [0.15, 0.2) is 0 Å². The van der Waals surface area contributed by atoms with Gasteiger partial charge in [0.05, 0.1) is 6.61 Å². The van der Waals surface area contributed by atoms with Crippen LogP contribution in [-0.4, -0.2) is 12.1 Å². The van der Waals surface area contributed by atoms with Crippen LogP contribution < -0.4 is 5.32 Å². The van der Waals surface area contributed by atoms with E-state index in [0.717, 1.165) is 28.6 Å². The van der Waals surface area contributed by atoms with Crippen molar-refractivity contribution in [2.24, 2.45) is 0 Å². The number of fused-ring (bicyclic) bond motifs is 1. The molecule has 0 amide bonds. The molecule has 1 aromatic carbocycles. The molecule has 1 aromatic heterocycles. The first kappa shape index (κ1) is 16.4. The summed E-state index contributed by atoms with van der Waals surface area (Å²) in [6.45, 7) is 10.4. The average molecular weight is 309 g/mol. The van der Waals surface area contributed by atoms with E-state index in [4.69, 9.17) is 4.74 Å². The number of benzene rings is 1. The lowest BCUT2D eigenvalue weighted by molar-refractivity contribution is 0.122. The van der Waals surface area contributed by atoms with Crippen LogP contribution in [-0.2, 0) is 17.9 Å². The summed E-state index contributed by atoms with van der Waals surface area (Å²) < 4.78 is 20.8. The van der Waals surface area contributed by atoms with Crippen molar-refractivity contribution in [3.63, 3.8) is 0 Å². The minimum absolute atomic E-state index is 0.0380. The van der Waals surface area contributed by atoms with Crippen LogP contribution in [0.15, 0.2) is 18.2 Å². The topological polar surface area (TPSA) is 21.3 Å². The quantitative estimate of drug-likeness (QED) is 0.770. The van der Waals surface area contributed by atoms with Crippen molar-refractivity contribution in [2.45, 2.75) is 52.8 Å². The predicted molar refractivity (Wildman–Crippen MR) is 88.3 cm³/mol. The van der Waals surface area contributed by atoms with Gasteiger partial charge in [-0.2, -0.15) is 0 Å². The molecule has 0 aliphatic rings. The van der Waals surface area contributed by atoms with Crippen molar-refractivity contribution < 1.29 is 9.13 Å². The van der Waals surface area contributed by atoms with Crippen LogP contribution in [0, 0.1) is 5.82 Å². The first-order chi connectivity index (χ1) is 9.92. The summed E-state index contributed by atoms with van der Waals surface area (Å²) in [5.41, 5.74) is 1.04. The van der Waals surface area contributed by atoms with Crippen molar-refractivity contribution in [1.29, 1.82) is 0 Å². The number of hydrogen-bond acceptors (Lipinski definition) is 3. The molecule has 2 rings (SSSR count). The zero-order valence-corrected chi connectivity index (χ0v) is 14.1. The summed E-state index contributed by atoms with van der Waals surface area (Å²) in [7, 11) is 0. The number of rotatable bonds is 6. The third kappa shape index (κ3) is 4.25. The molecular formula is C17H24FNOS. The number of thiophene rings is 1. The van der Waals surface area contributed by atoms with Gasteiger partial charge in [-0.05, 0) is 39.3 Å². The van der Waals surface area contributed by atoms with Gasteiger partial charge < -0.3 is 10.1 Å². The zero-order chi connectivity index (χ0) is 15.5. The predicted octanol–water partition coefficient (Wildman–Crippen LogP) is 4.86. The number of nitrogens with one attached hydrogen (secondary N) is 1. The van der Waals surface area contributed by atoms with Crippen molar-refractivity contribution in [2.75, 3.05) is 6.61 Å². The standard InChI is InChI=1S/C17H24FNOS/c1-5-9-20-11-12-15(10-19-17(2,3)4)21-14-8-6-7-13(18)16(12)14/h6-8,19H,5,9-11H2,1-4H3. The van der Waals surface area contributed by atoms with Crippen LogP contribution in [0.3, 0.4) is 0 Å². The fourth-order valence-electron chi connectivity index (χ4n) is 2.18. The molecule has 2 aromatic rings. The van der Waals surface area contributed by atoms with E-state index >= 15 is 0 Å². The van der Waals surface area contributed by atoms with E-state index < -0.39 is 0 Å². The SMILES string of the molecule is CCCOCc1c(CNC(C)(C)C)sc2cccc(F)c12. The molecule has 0 fully saturated rings. The van der Waals surface area contributed by atoms with E-state index in [1.807, 2.05) is 6.07 Å². The van der Waals surface area contributed by atoms with Crippen molar-refractivity contribution >= 4 is 21.4 Å². The summed E-state index contributed by atoms with van der Waals surface area (Å²) in [6, 6.07) is 5.28. The summed E-state index contributed by atoms with van der Waals surface area (Å²) in [4.78, 5) is 1.17. The van der Waals surface area contributed by atoms with E-state index in [-0.39, 0.29) is 11.4 Å². The summed E-state index contributed by atoms with van der Waals surface area (Å²) >= 11 is 1.65. The van der Waals surface area contributed by atoms with Gasteiger partial charge >= 0.3 is 0 Å². The molecule has 0 aliphatic heterocycles. The van der Waals surface area contributed by atoms with Gasteiger partial charge in [-0.1, -0.05) is 13.0 Å². The highest BCUT2D eigenvalue weighted by Gasteiger charge is 2.17. The molecular weight excluding hydrogens is 285 g/mol. The summed E-state index contributed by atoms with van der Waals surface area (Å²) in [5, 5.41) is 4.21. The highest BCUT2D eigenvalue weighted by atomic mass is 32.1. The molecule has 0 aliphatic carbocycles. The maximum Gasteiger partial charge on any atom is 0.132 e. The van der Waals surface area contributed by atoms with Crippen LogP contribution >= 0.6 is 11.3 Å². The van der Waals surface area contributed by atoms with Crippen molar-refractivity contribution in [3.05, 3.63) is 34.5 Å². The molecule has 116 valence electrons. The lowest BCUT2D eigenvalue weighted by Gasteiger charge is -2.20. The molecule has 0 spiro atoms. The average Bonchev–Trinajstić information content (AvgIpc) is 2.75. The second kappa shape index (κ2) is 6.86. The Balaban J connectivity index is 2.33. The Hall–Kier alpha value is -0.970. The second-order valence-corrected chi connectivity index (χ2v) is 7.41. The Morgan fingerprint density at radius 1 is 1.29 bits per heavy atom. The van der Waals surface area contributed by atoms with Crippen LogP contribution in [0.5, 0.6) is 0 Å². The molecule has 0 atom stereocenters. The smallest absolute Gasteiger partial charge is 0.132 e. The molecule has 21 heavy (non-hydrogen) atoms. The largest absolute Gasteiger partial charge is 0.377 e. The van der Waals surface area contributed by atoms with Crippen LogP contribution in [0.2, 0.25) is 0 Å². The fourth-order valence-corrected chi connectivity index (χ4v) is 3.34. The zero-order valence-electron chi connectivity index (χ0n) is 13.3. The second-order valence-electron chi connectivity index (χ2n) is 6.27. The highest BCUT2D eigenvalue weighted by molar-refractivity contribution is 7.19. The van der Waals surface area contributed by atoms with E-state index in [1.165, 1.54) is 10.9 Å². The van der Waals surface area contributed by atoms with Gasteiger partial charge in [-0.15, -0.1) is 11.3 Å². The maximum atomic E-state index is 14.2. The lowest BCUT2D eigenvalue weighted by Crippen LogP contribution is -2.35. The van der Waals surface area contributed by atoms with E-state index in [0.29, 0.717) is 13.2 Å². The third-order valence-electron chi connectivity index (χ3n) is 3.22. The first-order valence-corrected chi connectivity index (χ1v) is 8.25. The van der Waals surface area contributed by atoms with Gasteiger partial charge in [-0.3, -0.25) is 0 Å². The minimum atomic E-state index is -0.152. The molecule has 0 saturated carbocycles. The van der Waals surface area contributed by atoms with Crippen LogP contribution in [0.25, 0.3) is 10.1 Å². The van der Waals surface area contributed by atoms with Gasteiger partial charge in [-0.25, -0.2) is 4.39 Å². The number of ether oxygens (including phenoxy) is 1. The molecule has 1 N–H and O–H groups in total. The highest BCUT2D eigenvalue weighted by Crippen LogP contribution is 2.34. The summed E-state index contributed by atoms with van der Waals surface area (Å²) in [6.07, 6.45) is 0.972. The molecule has 1 heterocycles.